The first-order valence-corrected chi connectivity index (χ1v) is 6.31. The van der Waals surface area contributed by atoms with Gasteiger partial charge in [-0.05, 0) is 41.8 Å². The van der Waals surface area contributed by atoms with Crippen LogP contribution in [0.25, 0.3) is 10.2 Å². The molecule has 0 spiro atoms. The number of anilines is 1. The number of nitrogens with two attached hydrogens (primary N) is 1. The number of pyridine rings is 1. The molecule has 0 bridgehead atoms. The van der Waals surface area contributed by atoms with Crippen molar-refractivity contribution < 1.29 is 5.11 Å². The van der Waals surface area contributed by atoms with Crippen molar-refractivity contribution in [2.24, 2.45) is 0 Å². The summed E-state index contributed by atoms with van der Waals surface area (Å²) >= 11 is 1.39. The zero-order valence-electron chi connectivity index (χ0n) is 9.50. The molecule has 0 fully saturated rings. The van der Waals surface area contributed by atoms with E-state index in [1.165, 1.54) is 11.3 Å². The van der Waals surface area contributed by atoms with Crippen LogP contribution in [0.3, 0.4) is 0 Å². The van der Waals surface area contributed by atoms with Gasteiger partial charge in [-0.15, -0.1) is 0 Å². The Hall–Kier alpha value is -2.14. The highest BCUT2D eigenvalue weighted by Gasteiger charge is 2.09. The second kappa shape index (κ2) is 4.27. The van der Waals surface area contributed by atoms with Crippen LogP contribution < -0.4 is 5.73 Å². The van der Waals surface area contributed by atoms with Gasteiger partial charge in [-0.2, -0.15) is 0 Å². The Morgan fingerprint density at radius 3 is 2.78 bits per heavy atom. The molecule has 0 unspecified atom stereocenters. The van der Waals surface area contributed by atoms with Crippen molar-refractivity contribution in [3.8, 4) is 5.75 Å². The fourth-order valence-electron chi connectivity index (χ4n) is 1.96. The minimum Gasteiger partial charge on any atom is -0.508 e. The Bertz CT molecular complexity index is 694. The van der Waals surface area contributed by atoms with Crippen molar-refractivity contribution in [2.75, 3.05) is 5.73 Å². The fourth-order valence-corrected chi connectivity index (χ4v) is 2.77. The van der Waals surface area contributed by atoms with E-state index >= 15 is 0 Å². The van der Waals surface area contributed by atoms with Gasteiger partial charge in [0.15, 0.2) is 5.13 Å². The Kier molecular flexibility index (Phi) is 2.60. The largest absolute Gasteiger partial charge is 0.508 e. The van der Waals surface area contributed by atoms with Gasteiger partial charge < -0.3 is 10.8 Å². The van der Waals surface area contributed by atoms with Gasteiger partial charge in [-0.3, -0.25) is 4.98 Å². The molecule has 0 aliphatic rings. The van der Waals surface area contributed by atoms with Crippen molar-refractivity contribution in [3.05, 3.63) is 47.8 Å². The summed E-state index contributed by atoms with van der Waals surface area (Å²) in [4.78, 5) is 8.31. The average molecular weight is 257 g/mol. The molecule has 0 radical (unpaired) electrons. The summed E-state index contributed by atoms with van der Waals surface area (Å²) in [6.07, 6.45) is 4.21. The molecule has 0 amide bonds. The summed E-state index contributed by atoms with van der Waals surface area (Å²) in [6.45, 7) is 0. The summed E-state index contributed by atoms with van der Waals surface area (Å²) in [5.41, 5.74) is 8.69. The molecule has 5 heteroatoms. The maximum Gasteiger partial charge on any atom is 0.181 e. The molecule has 0 aliphatic heterocycles. The van der Waals surface area contributed by atoms with Crippen molar-refractivity contribution in [1.82, 2.24) is 9.97 Å². The van der Waals surface area contributed by atoms with E-state index < -0.39 is 0 Å². The third kappa shape index (κ3) is 2.00. The van der Waals surface area contributed by atoms with E-state index in [9.17, 15) is 5.11 Å². The highest BCUT2D eigenvalue weighted by Crippen LogP contribution is 2.31. The van der Waals surface area contributed by atoms with Crippen molar-refractivity contribution in [2.45, 2.75) is 6.42 Å². The minimum atomic E-state index is 0.246. The van der Waals surface area contributed by atoms with Gasteiger partial charge in [0, 0.05) is 12.4 Å². The first kappa shape index (κ1) is 11.0. The molecule has 0 saturated heterocycles. The summed E-state index contributed by atoms with van der Waals surface area (Å²) in [7, 11) is 0. The second-order valence-corrected chi connectivity index (χ2v) is 5.10. The molecule has 3 aromatic rings. The molecular formula is C13H11N3OS. The van der Waals surface area contributed by atoms with Crippen LogP contribution in [0.1, 0.15) is 11.1 Å². The number of phenolic OH excluding ortho intramolecular Hbond substituents is 1. The van der Waals surface area contributed by atoms with E-state index in [0.717, 1.165) is 21.3 Å². The van der Waals surface area contributed by atoms with Gasteiger partial charge in [-0.1, -0.05) is 11.3 Å². The van der Waals surface area contributed by atoms with E-state index in [2.05, 4.69) is 9.97 Å². The number of benzene rings is 1. The third-order valence-electron chi connectivity index (χ3n) is 2.72. The van der Waals surface area contributed by atoms with E-state index in [4.69, 9.17) is 5.73 Å². The molecule has 4 nitrogen and oxygen atoms in total. The zero-order chi connectivity index (χ0) is 12.5. The Morgan fingerprint density at radius 1 is 1.22 bits per heavy atom. The average Bonchev–Trinajstić information content (AvgIpc) is 2.71. The zero-order valence-corrected chi connectivity index (χ0v) is 10.3. The van der Waals surface area contributed by atoms with Gasteiger partial charge in [0.1, 0.15) is 5.75 Å². The smallest absolute Gasteiger partial charge is 0.181 e. The number of aromatic hydroxyl groups is 1. The molecule has 0 atom stereocenters. The van der Waals surface area contributed by atoms with Gasteiger partial charge in [0.25, 0.3) is 0 Å². The quantitative estimate of drug-likeness (QED) is 0.740. The number of rotatable bonds is 2. The number of aromatic nitrogens is 2. The summed E-state index contributed by atoms with van der Waals surface area (Å²) in [5.74, 6) is 0.246. The maximum atomic E-state index is 9.72. The molecule has 2 heterocycles. The van der Waals surface area contributed by atoms with Crippen LogP contribution in [-0.2, 0) is 6.42 Å². The van der Waals surface area contributed by atoms with Crippen LogP contribution >= 0.6 is 11.3 Å². The number of nitrogen functional groups attached to an aromatic ring is 1. The van der Waals surface area contributed by atoms with Crippen LogP contribution in [-0.4, -0.2) is 15.1 Å². The predicted octanol–water partition coefficient (Wildman–Crippen LogP) is 2.57. The van der Waals surface area contributed by atoms with Crippen LogP contribution in [0.2, 0.25) is 0 Å². The number of hydrogen-bond donors (Lipinski definition) is 2. The van der Waals surface area contributed by atoms with Crippen LogP contribution in [0.4, 0.5) is 5.13 Å². The number of hydrogen-bond acceptors (Lipinski definition) is 5. The predicted molar refractivity (Wildman–Crippen MR) is 72.7 cm³/mol. The van der Waals surface area contributed by atoms with Crippen LogP contribution in [0.5, 0.6) is 5.75 Å². The lowest BCUT2D eigenvalue weighted by atomic mass is 10.0. The van der Waals surface area contributed by atoms with Crippen molar-refractivity contribution >= 4 is 26.7 Å². The van der Waals surface area contributed by atoms with Crippen LogP contribution in [0.15, 0.2) is 36.7 Å². The Morgan fingerprint density at radius 2 is 2.00 bits per heavy atom. The van der Waals surface area contributed by atoms with Crippen molar-refractivity contribution in [3.63, 3.8) is 0 Å². The summed E-state index contributed by atoms with van der Waals surface area (Å²) in [6, 6.07) is 7.33. The lowest BCUT2D eigenvalue weighted by molar-refractivity contribution is 0.475. The fraction of sp³-hybridized carbons (Fsp3) is 0.0769. The molecule has 1 aromatic carbocycles. The molecule has 18 heavy (non-hydrogen) atoms. The number of thiazole rings is 1. The lowest BCUT2D eigenvalue weighted by Gasteiger charge is -2.03. The molecular weight excluding hydrogens is 246 g/mol. The van der Waals surface area contributed by atoms with Gasteiger partial charge >= 0.3 is 0 Å². The van der Waals surface area contributed by atoms with Gasteiger partial charge in [-0.25, -0.2) is 4.98 Å². The summed E-state index contributed by atoms with van der Waals surface area (Å²) < 4.78 is 0.913. The SMILES string of the molecule is Nc1nc2c(Cc3ccncc3)cc(O)cc2s1. The summed E-state index contributed by atoms with van der Waals surface area (Å²) in [5, 5.41) is 10.2. The molecule has 0 aliphatic carbocycles. The molecule has 2 aromatic heterocycles. The second-order valence-electron chi connectivity index (χ2n) is 4.04. The topological polar surface area (TPSA) is 72.0 Å². The Balaban J connectivity index is 2.10. The van der Waals surface area contributed by atoms with E-state index in [0.29, 0.717) is 11.6 Å². The normalized spacial score (nSPS) is 10.9. The maximum absolute atomic E-state index is 9.72. The van der Waals surface area contributed by atoms with Gasteiger partial charge in [0.2, 0.25) is 0 Å². The molecule has 90 valence electrons. The van der Waals surface area contributed by atoms with E-state index in [1.807, 2.05) is 12.1 Å². The Labute approximate surface area is 108 Å². The highest BCUT2D eigenvalue weighted by atomic mass is 32.1. The molecule has 0 saturated carbocycles. The standard InChI is InChI=1S/C13H11N3OS/c14-13-16-12-9(5-8-1-3-15-4-2-8)6-10(17)7-11(12)18-13/h1-4,6-7,17H,5H2,(H2,14,16). The monoisotopic (exact) mass is 257 g/mol. The van der Waals surface area contributed by atoms with Gasteiger partial charge in [0.05, 0.1) is 10.2 Å². The number of phenols is 1. The van der Waals surface area contributed by atoms with E-state index in [-0.39, 0.29) is 5.75 Å². The first-order chi connectivity index (χ1) is 8.72. The van der Waals surface area contributed by atoms with Crippen LogP contribution in [0, 0.1) is 0 Å². The molecule has 3 rings (SSSR count). The third-order valence-corrected chi connectivity index (χ3v) is 3.55. The highest BCUT2D eigenvalue weighted by molar-refractivity contribution is 7.22. The van der Waals surface area contributed by atoms with E-state index in [1.54, 1.807) is 24.5 Å². The minimum absolute atomic E-state index is 0.246. The first-order valence-electron chi connectivity index (χ1n) is 5.49. The number of nitrogens with zero attached hydrogens (tertiary/aromatic N) is 2. The van der Waals surface area contributed by atoms with Crippen molar-refractivity contribution in [1.29, 1.82) is 0 Å². The lowest BCUT2D eigenvalue weighted by Crippen LogP contribution is -1.90. The number of fused-ring (bicyclic) bond motifs is 1. The molecule has 3 N–H and O–H groups in total.